The third-order valence-corrected chi connectivity index (χ3v) is 8.37. The maximum atomic E-state index is 14.1. The number of hydrazine groups is 1. The largest absolute Gasteiger partial charge is 0.396 e. The maximum Gasteiger partial charge on any atom is 0.304 e. The third-order valence-electron chi connectivity index (χ3n) is 6.00. The minimum atomic E-state index is -0.705. The molecule has 0 aliphatic carbocycles. The van der Waals surface area contributed by atoms with E-state index in [1.807, 2.05) is 37.3 Å². The number of H-pyrrole nitrogens is 1. The van der Waals surface area contributed by atoms with Crippen molar-refractivity contribution in [2.45, 2.75) is 41.9 Å². The fourth-order valence-corrected chi connectivity index (χ4v) is 6.27. The zero-order valence-corrected chi connectivity index (χ0v) is 24.7. The van der Waals surface area contributed by atoms with Crippen LogP contribution in [0, 0.1) is 5.82 Å². The van der Waals surface area contributed by atoms with E-state index in [9.17, 15) is 9.18 Å². The molecule has 4 rings (SSSR count). The highest BCUT2D eigenvalue weighted by molar-refractivity contribution is 7.99. The van der Waals surface area contributed by atoms with Crippen LogP contribution < -0.4 is 16.4 Å². The monoisotopic (exact) mass is 630 g/mol. The SMILES string of the molecule is CO[C@@H](CN(N)/C=C(\N)c1csc(=O)[nH]1)C(OC1COC(c2ccccc2)OC1C)Sc1cc(Cl)c(F)c(Cl)c1. The van der Waals surface area contributed by atoms with E-state index in [0.717, 1.165) is 16.9 Å². The van der Waals surface area contributed by atoms with E-state index in [-0.39, 0.29) is 39.9 Å². The Bertz CT molecular complexity index is 1340. The summed E-state index contributed by atoms with van der Waals surface area (Å²) in [6.45, 7) is 2.30. The van der Waals surface area contributed by atoms with Gasteiger partial charge in [-0.05, 0) is 19.1 Å². The van der Waals surface area contributed by atoms with Gasteiger partial charge >= 0.3 is 4.87 Å². The van der Waals surface area contributed by atoms with Crippen molar-refractivity contribution >= 4 is 52.0 Å². The number of nitrogens with zero attached hydrogens (tertiary/aromatic N) is 1. The normalized spacial score (nSPS) is 21.2. The Labute approximate surface area is 249 Å². The summed E-state index contributed by atoms with van der Waals surface area (Å²) in [6, 6.07) is 12.5. The number of rotatable bonds is 11. The lowest BCUT2D eigenvalue weighted by Gasteiger charge is -2.38. The zero-order valence-electron chi connectivity index (χ0n) is 21.6. The van der Waals surface area contributed by atoms with Crippen molar-refractivity contribution in [3.8, 4) is 0 Å². The van der Waals surface area contributed by atoms with Gasteiger partial charge < -0.3 is 34.7 Å². The van der Waals surface area contributed by atoms with Crippen LogP contribution in [0.15, 0.2) is 63.7 Å². The molecule has 2 aromatic carbocycles. The van der Waals surface area contributed by atoms with Crippen LogP contribution in [0.2, 0.25) is 10.0 Å². The first-order valence-corrected chi connectivity index (χ1v) is 14.6. The Kier molecular flexibility index (Phi) is 10.9. The lowest BCUT2D eigenvalue weighted by atomic mass is 10.1. The molecule has 5 atom stereocenters. The van der Waals surface area contributed by atoms with Crippen LogP contribution in [0.3, 0.4) is 0 Å². The number of thioether (sulfide) groups is 1. The van der Waals surface area contributed by atoms with E-state index in [1.54, 1.807) is 5.38 Å². The molecular weight excluding hydrogens is 602 g/mol. The molecule has 0 saturated carbocycles. The summed E-state index contributed by atoms with van der Waals surface area (Å²) >= 11 is 14.3. The third kappa shape index (κ3) is 7.99. The molecule has 0 radical (unpaired) electrons. The number of aromatic amines is 1. The predicted molar refractivity (Wildman–Crippen MR) is 155 cm³/mol. The number of methoxy groups -OCH3 is 1. The molecule has 1 aromatic heterocycles. The number of hydrogen-bond donors (Lipinski definition) is 3. The number of nitrogens with one attached hydrogen (secondary N) is 1. The zero-order chi connectivity index (χ0) is 28.8. The van der Waals surface area contributed by atoms with Gasteiger partial charge in [0, 0.05) is 29.1 Å². The van der Waals surface area contributed by atoms with Crippen molar-refractivity contribution in [1.82, 2.24) is 9.99 Å². The van der Waals surface area contributed by atoms with Gasteiger partial charge in [0.15, 0.2) is 12.1 Å². The van der Waals surface area contributed by atoms with Crippen LogP contribution in [-0.2, 0) is 18.9 Å². The van der Waals surface area contributed by atoms with Crippen molar-refractivity contribution in [3.63, 3.8) is 0 Å². The topological polar surface area (TPSA) is 125 Å². The molecule has 0 amide bonds. The van der Waals surface area contributed by atoms with Crippen molar-refractivity contribution in [1.29, 1.82) is 0 Å². The average Bonchev–Trinajstić information content (AvgIpc) is 3.38. The van der Waals surface area contributed by atoms with Crippen molar-refractivity contribution in [2.75, 3.05) is 20.3 Å². The van der Waals surface area contributed by atoms with Crippen molar-refractivity contribution < 1.29 is 23.3 Å². The van der Waals surface area contributed by atoms with Gasteiger partial charge in [0.25, 0.3) is 0 Å². The molecule has 14 heteroatoms. The molecule has 1 aliphatic heterocycles. The number of benzene rings is 2. The number of hydrogen-bond acceptors (Lipinski definition) is 10. The first kappa shape index (κ1) is 30.8. The van der Waals surface area contributed by atoms with Gasteiger partial charge in [0.1, 0.15) is 17.6 Å². The van der Waals surface area contributed by atoms with Gasteiger partial charge in [-0.25, -0.2) is 10.2 Å². The molecule has 4 unspecified atom stereocenters. The quantitative estimate of drug-likeness (QED) is 0.0885. The first-order chi connectivity index (χ1) is 19.1. The minimum absolute atomic E-state index is 0.118. The highest BCUT2D eigenvalue weighted by Gasteiger charge is 2.35. The number of aromatic nitrogens is 1. The Hall–Kier alpha value is -2.13. The second-order valence-corrected chi connectivity index (χ2v) is 11.7. The van der Waals surface area contributed by atoms with E-state index in [2.05, 4.69) is 4.98 Å². The van der Waals surface area contributed by atoms with Gasteiger partial charge in [-0.2, -0.15) is 0 Å². The van der Waals surface area contributed by atoms with Crippen LogP contribution in [-0.4, -0.2) is 54.0 Å². The van der Waals surface area contributed by atoms with Crippen molar-refractivity contribution in [2.24, 2.45) is 11.6 Å². The van der Waals surface area contributed by atoms with Gasteiger partial charge in [0.05, 0.1) is 40.7 Å². The van der Waals surface area contributed by atoms with E-state index in [0.29, 0.717) is 10.6 Å². The number of thiazole rings is 1. The molecule has 9 nitrogen and oxygen atoms in total. The highest BCUT2D eigenvalue weighted by Crippen LogP contribution is 2.36. The van der Waals surface area contributed by atoms with E-state index in [4.69, 9.17) is 53.7 Å². The standard InChI is InChI=1S/C26H29Cl2FN4O5S2/c1-14-22(12-36-24(37-14)15-6-4-3-5-7-15)38-25(40-16-8-17(27)23(29)18(28)9-16)21(35-2)11-33(31)10-19(30)20-13-39-26(34)32-20/h3-10,13-14,21-22,24-25H,11-12,30-31H2,1-2H3,(H,32,34)/b19-10-/t14?,21-,22?,24?,25?/m0/s1. The second-order valence-electron chi connectivity index (χ2n) is 8.90. The molecule has 5 N–H and O–H groups in total. The Morgan fingerprint density at radius 1 is 1.32 bits per heavy atom. The van der Waals surface area contributed by atoms with E-state index < -0.39 is 29.8 Å². The maximum absolute atomic E-state index is 14.1. The van der Waals surface area contributed by atoms with Gasteiger partial charge in [0.2, 0.25) is 0 Å². The summed E-state index contributed by atoms with van der Waals surface area (Å²) in [5.41, 5.74) is 7.05. The van der Waals surface area contributed by atoms with E-state index in [1.165, 1.54) is 42.2 Å². The minimum Gasteiger partial charge on any atom is -0.396 e. The molecule has 0 bridgehead atoms. The Balaban J connectivity index is 1.52. The summed E-state index contributed by atoms with van der Waals surface area (Å²) < 4.78 is 38.4. The number of halogens is 3. The second kappa shape index (κ2) is 14.2. The van der Waals surface area contributed by atoms with Crippen LogP contribution in [0.25, 0.3) is 5.70 Å². The highest BCUT2D eigenvalue weighted by atomic mass is 35.5. The molecule has 1 saturated heterocycles. The Morgan fingerprint density at radius 3 is 2.62 bits per heavy atom. The number of ether oxygens (including phenoxy) is 4. The molecule has 2 heterocycles. The molecular formula is C26H29Cl2FN4O5S2. The Morgan fingerprint density at radius 2 is 2.02 bits per heavy atom. The van der Waals surface area contributed by atoms with Crippen molar-refractivity contribution in [3.05, 3.63) is 90.8 Å². The molecule has 1 fully saturated rings. The summed E-state index contributed by atoms with van der Waals surface area (Å²) in [5, 5.41) is 2.70. The first-order valence-electron chi connectivity index (χ1n) is 12.1. The van der Waals surface area contributed by atoms with E-state index >= 15 is 0 Å². The lowest BCUT2D eigenvalue weighted by Crippen LogP contribution is -2.47. The molecule has 216 valence electrons. The van der Waals surface area contributed by atoms with Crippen LogP contribution in [0.5, 0.6) is 0 Å². The summed E-state index contributed by atoms with van der Waals surface area (Å²) in [6.07, 6.45) is -0.463. The van der Waals surface area contributed by atoms with Crippen LogP contribution in [0.4, 0.5) is 4.39 Å². The van der Waals surface area contributed by atoms with Gasteiger partial charge in [-0.1, -0.05) is 76.6 Å². The lowest BCUT2D eigenvalue weighted by molar-refractivity contribution is -0.266. The smallest absolute Gasteiger partial charge is 0.304 e. The number of nitrogens with two attached hydrogens (primary N) is 2. The summed E-state index contributed by atoms with van der Waals surface area (Å²) in [5.74, 6) is 5.53. The predicted octanol–water partition coefficient (Wildman–Crippen LogP) is 4.97. The fraction of sp³-hybridized carbons (Fsp3) is 0.346. The molecule has 40 heavy (non-hydrogen) atoms. The summed E-state index contributed by atoms with van der Waals surface area (Å²) in [4.78, 5) is 14.5. The van der Waals surface area contributed by atoms with Crippen LogP contribution in [0.1, 0.15) is 24.5 Å². The molecule has 3 aromatic rings. The molecule has 1 aliphatic rings. The van der Waals surface area contributed by atoms with Gasteiger partial charge in [-0.3, -0.25) is 4.79 Å². The average molecular weight is 632 g/mol. The van der Waals surface area contributed by atoms with Gasteiger partial charge in [-0.15, -0.1) is 0 Å². The van der Waals surface area contributed by atoms with Crippen LogP contribution >= 0.6 is 46.3 Å². The fourth-order valence-electron chi connectivity index (χ4n) is 3.87. The summed E-state index contributed by atoms with van der Waals surface area (Å²) in [7, 11) is 1.52. The molecule has 0 spiro atoms.